The molecule has 1 aromatic heterocycles. The smallest absolute Gasteiger partial charge is 0.378 e. The van der Waals surface area contributed by atoms with E-state index in [1.807, 2.05) is 13.8 Å². The molecule has 2 heterocycles. The van der Waals surface area contributed by atoms with Crippen LogP contribution in [0.5, 0.6) is 0 Å². The van der Waals surface area contributed by atoms with E-state index < -0.39 is 17.1 Å². The average molecular weight is 337 g/mol. The predicted octanol–water partition coefficient (Wildman–Crippen LogP) is 2.46. The van der Waals surface area contributed by atoms with E-state index in [-0.39, 0.29) is 17.0 Å². The van der Waals surface area contributed by atoms with Gasteiger partial charge in [0.05, 0.1) is 19.4 Å². The Bertz CT molecular complexity index is 513. The number of hydrogen-bond donors (Lipinski definition) is 1. The first-order chi connectivity index (χ1) is 10.3. The van der Waals surface area contributed by atoms with Crippen molar-refractivity contribution in [3.63, 3.8) is 0 Å². The van der Waals surface area contributed by atoms with Crippen LogP contribution >= 0.6 is 11.3 Å². The van der Waals surface area contributed by atoms with Crippen LogP contribution in [0, 0.1) is 5.92 Å². The monoisotopic (exact) mass is 337 g/mol. The standard InChI is InChI=1S/C13H18F3N3O2S/c1-8(2)10(11(20)19-3-5-21-6-4-19)18-12-17-7-9(22-12)13(14,15)16/h7-8,10H,3-6H2,1-2H3,(H,17,18)/t10-/m1/s1. The Balaban J connectivity index is 2.08. The normalized spacial score (nSPS) is 17.6. The first kappa shape index (κ1) is 17.0. The maximum absolute atomic E-state index is 12.6. The summed E-state index contributed by atoms with van der Waals surface area (Å²) in [6.07, 6.45) is -3.64. The molecule has 1 saturated heterocycles. The van der Waals surface area contributed by atoms with Crippen molar-refractivity contribution in [3.05, 3.63) is 11.1 Å². The van der Waals surface area contributed by atoms with Gasteiger partial charge in [0, 0.05) is 13.1 Å². The number of alkyl halides is 3. The number of nitrogens with one attached hydrogen (secondary N) is 1. The lowest BCUT2D eigenvalue weighted by molar-refractivity contribution is -0.137. The third-order valence-corrected chi connectivity index (χ3v) is 4.29. The average Bonchev–Trinajstić information content (AvgIpc) is 2.93. The summed E-state index contributed by atoms with van der Waals surface area (Å²) in [5, 5.41) is 2.95. The summed E-state index contributed by atoms with van der Waals surface area (Å²) < 4.78 is 43.0. The highest BCUT2D eigenvalue weighted by atomic mass is 32.1. The second kappa shape index (κ2) is 6.82. The van der Waals surface area contributed by atoms with Gasteiger partial charge >= 0.3 is 6.18 Å². The van der Waals surface area contributed by atoms with Crippen molar-refractivity contribution in [1.29, 1.82) is 0 Å². The third-order valence-electron chi connectivity index (χ3n) is 3.32. The van der Waals surface area contributed by atoms with Gasteiger partial charge in [0.2, 0.25) is 5.91 Å². The number of carbonyl (C=O) groups is 1. The Morgan fingerprint density at radius 1 is 1.41 bits per heavy atom. The third kappa shape index (κ3) is 4.10. The zero-order valence-corrected chi connectivity index (χ0v) is 13.1. The minimum Gasteiger partial charge on any atom is -0.378 e. The van der Waals surface area contributed by atoms with Crippen molar-refractivity contribution < 1.29 is 22.7 Å². The van der Waals surface area contributed by atoms with Crippen molar-refractivity contribution in [3.8, 4) is 0 Å². The van der Waals surface area contributed by atoms with Gasteiger partial charge in [0.25, 0.3) is 0 Å². The fourth-order valence-electron chi connectivity index (χ4n) is 2.10. The summed E-state index contributed by atoms with van der Waals surface area (Å²) in [6.45, 7) is 5.63. The Morgan fingerprint density at radius 3 is 2.55 bits per heavy atom. The second-order valence-corrected chi connectivity index (χ2v) is 6.36. The van der Waals surface area contributed by atoms with E-state index >= 15 is 0 Å². The number of amides is 1. The number of aromatic nitrogens is 1. The molecular weight excluding hydrogens is 319 g/mol. The summed E-state index contributed by atoms with van der Waals surface area (Å²) in [5.41, 5.74) is 0. The van der Waals surface area contributed by atoms with Crippen LogP contribution in [0.4, 0.5) is 18.3 Å². The molecule has 1 fully saturated rings. The summed E-state index contributed by atoms with van der Waals surface area (Å²) in [5.74, 6) is -0.212. The van der Waals surface area contributed by atoms with E-state index in [1.54, 1.807) is 4.90 Å². The van der Waals surface area contributed by atoms with E-state index in [0.29, 0.717) is 37.6 Å². The van der Waals surface area contributed by atoms with Crippen molar-refractivity contribution in [1.82, 2.24) is 9.88 Å². The first-order valence-electron chi connectivity index (χ1n) is 6.95. The molecule has 9 heteroatoms. The summed E-state index contributed by atoms with van der Waals surface area (Å²) in [4.78, 5) is 17.1. The van der Waals surface area contributed by atoms with Gasteiger partial charge < -0.3 is 15.0 Å². The number of carbonyl (C=O) groups excluding carboxylic acids is 1. The van der Waals surface area contributed by atoms with E-state index in [9.17, 15) is 18.0 Å². The van der Waals surface area contributed by atoms with Gasteiger partial charge in [0.15, 0.2) is 5.13 Å². The first-order valence-corrected chi connectivity index (χ1v) is 7.77. The zero-order valence-electron chi connectivity index (χ0n) is 12.3. The van der Waals surface area contributed by atoms with Crippen LogP contribution < -0.4 is 5.32 Å². The molecule has 0 saturated carbocycles. The Hall–Kier alpha value is -1.35. The number of halogens is 3. The number of ether oxygens (including phenoxy) is 1. The molecule has 124 valence electrons. The second-order valence-electron chi connectivity index (χ2n) is 5.33. The molecule has 1 aliphatic heterocycles. The van der Waals surface area contributed by atoms with Crippen molar-refractivity contribution in [2.45, 2.75) is 26.1 Å². The van der Waals surface area contributed by atoms with E-state index in [1.165, 1.54) is 0 Å². The minimum atomic E-state index is -4.42. The molecule has 1 amide bonds. The van der Waals surface area contributed by atoms with Gasteiger partial charge in [-0.1, -0.05) is 25.2 Å². The maximum atomic E-state index is 12.6. The molecular formula is C13H18F3N3O2S. The zero-order chi connectivity index (χ0) is 16.3. The topological polar surface area (TPSA) is 54.5 Å². The summed E-state index contributed by atoms with van der Waals surface area (Å²) in [6, 6.07) is -0.606. The number of anilines is 1. The van der Waals surface area contributed by atoms with Gasteiger partial charge in [-0.15, -0.1) is 0 Å². The van der Waals surface area contributed by atoms with E-state index in [4.69, 9.17) is 4.74 Å². The lowest BCUT2D eigenvalue weighted by Crippen LogP contribution is -2.49. The molecule has 0 aliphatic carbocycles. The Labute approximate surface area is 130 Å². The van der Waals surface area contributed by atoms with Gasteiger partial charge in [-0.25, -0.2) is 4.98 Å². The minimum absolute atomic E-state index is 0.0754. The molecule has 1 atom stereocenters. The van der Waals surface area contributed by atoms with Crippen molar-refractivity contribution in [2.75, 3.05) is 31.6 Å². The quantitative estimate of drug-likeness (QED) is 0.917. The highest BCUT2D eigenvalue weighted by Crippen LogP contribution is 2.35. The fraction of sp³-hybridized carbons (Fsp3) is 0.692. The van der Waals surface area contributed by atoms with E-state index in [2.05, 4.69) is 10.3 Å². The van der Waals surface area contributed by atoms with Crippen LogP contribution in [0.1, 0.15) is 18.7 Å². The number of nitrogens with zero attached hydrogens (tertiary/aromatic N) is 2. The van der Waals surface area contributed by atoms with Crippen molar-refractivity contribution >= 4 is 22.4 Å². The molecule has 0 unspecified atom stereocenters. The van der Waals surface area contributed by atoms with Gasteiger partial charge in [-0.2, -0.15) is 13.2 Å². The van der Waals surface area contributed by atoms with Crippen molar-refractivity contribution in [2.24, 2.45) is 5.92 Å². The highest BCUT2D eigenvalue weighted by molar-refractivity contribution is 7.15. The van der Waals surface area contributed by atoms with Crippen LogP contribution in [0.2, 0.25) is 0 Å². The molecule has 22 heavy (non-hydrogen) atoms. The molecule has 0 spiro atoms. The van der Waals surface area contributed by atoms with Gasteiger partial charge in [-0.3, -0.25) is 4.79 Å². The highest BCUT2D eigenvalue weighted by Gasteiger charge is 2.34. The Kier molecular flexibility index (Phi) is 5.28. The molecule has 2 rings (SSSR count). The van der Waals surface area contributed by atoms with Crippen LogP contribution in [0.25, 0.3) is 0 Å². The molecule has 5 nitrogen and oxygen atoms in total. The fourth-order valence-corrected chi connectivity index (χ4v) is 2.82. The number of thiazole rings is 1. The van der Waals surface area contributed by atoms with Crippen LogP contribution in [0.15, 0.2) is 6.20 Å². The Morgan fingerprint density at radius 2 is 2.05 bits per heavy atom. The molecule has 1 aliphatic rings. The SMILES string of the molecule is CC(C)[C@@H](Nc1ncc(C(F)(F)F)s1)C(=O)N1CCOCC1. The van der Waals surface area contributed by atoms with Crippen LogP contribution in [-0.4, -0.2) is 48.1 Å². The molecule has 1 N–H and O–H groups in total. The number of morpholine rings is 1. The number of rotatable bonds is 4. The van der Waals surface area contributed by atoms with Gasteiger partial charge in [0.1, 0.15) is 10.9 Å². The van der Waals surface area contributed by atoms with Gasteiger partial charge in [-0.05, 0) is 5.92 Å². The largest absolute Gasteiger partial charge is 0.427 e. The number of hydrogen-bond acceptors (Lipinski definition) is 5. The lowest BCUT2D eigenvalue weighted by atomic mass is 10.0. The van der Waals surface area contributed by atoms with E-state index in [0.717, 1.165) is 6.20 Å². The molecule has 0 bridgehead atoms. The maximum Gasteiger partial charge on any atom is 0.427 e. The molecule has 0 aromatic carbocycles. The predicted molar refractivity (Wildman–Crippen MR) is 76.8 cm³/mol. The lowest BCUT2D eigenvalue weighted by Gasteiger charge is -2.32. The summed E-state index contributed by atoms with van der Waals surface area (Å²) in [7, 11) is 0. The van der Waals surface area contributed by atoms with Crippen LogP contribution in [0.3, 0.4) is 0 Å². The molecule has 0 radical (unpaired) electrons. The van der Waals surface area contributed by atoms with Crippen LogP contribution in [-0.2, 0) is 15.7 Å². The summed E-state index contributed by atoms with van der Waals surface area (Å²) >= 11 is 0.507. The molecule has 1 aromatic rings.